The van der Waals surface area contributed by atoms with Crippen LogP contribution in [-0.4, -0.2) is 20.2 Å². The van der Waals surface area contributed by atoms with Crippen molar-refractivity contribution in [2.75, 3.05) is 14.2 Å². The number of methoxy groups -OCH3 is 1. The fraction of sp³-hybridized carbons (Fsp3) is 0.618. The smallest absolute Gasteiger partial charge is 0.119 e. The lowest BCUT2D eigenvalue weighted by Gasteiger charge is -2.28. The molecule has 220 valence electrons. The molecule has 2 rings (SSSR count). The molecule has 0 aliphatic heterocycles. The van der Waals surface area contributed by atoms with Crippen molar-refractivity contribution in [3.05, 3.63) is 63.6 Å². The fourth-order valence-electron chi connectivity index (χ4n) is 5.52. The number of aryl methyl sites for hydroxylation is 1. The van der Waals surface area contributed by atoms with Crippen LogP contribution in [0.2, 0.25) is 10.0 Å². The number of nitrogens with zero attached hydrogens (tertiary/aromatic N) is 3. The van der Waals surface area contributed by atoms with E-state index in [0.29, 0.717) is 10.0 Å². The summed E-state index contributed by atoms with van der Waals surface area (Å²) in [6.07, 6.45) is 18.1. The Hall–Kier alpha value is -2.09. The lowest BCUT2D eigenvalue weighted by molar-refractivity contribution is 0.392. The molecule has 2 atom stereocenters. The van der Waals surface area contributed by atoms with Crippen molar-refractivity contribution in [3.8, 4) is 11.8 Å². The Morgan fingerprint density at radius 1 is 0.850 bits per heavy atom. The Bertz CT molecular complexity index is 1050. The highest BCUT2D eigenvalue weighted by molar-refractivity contribution is 6.42. The van der Waals surface area contributed by atoms with Crippen LogP contribution in [0.25, 0.3) is 0 Å². The number of rotatable bonds is 21. The molecule has 2 aromatic carbocycles. The summed E-state index contributed by atoms with van der Waals surface area (Å²) < 4.78 is 5.51. The van der Waals surface area contributed by atoms with Gasteiger partial charge in [0.25, 0.3) is 0 Å². The van der Waals surface area contributed by atoms with Gasteiger partial charge in [0.2, 0.25) is 0 Å². The highest BCUT2D eigenvalue weighted by Crippen LogP contribution is 2.37. The van der Waals surface area contributed by atoms with Crippen molar-refractivity contribution < 1.29 is 4.74 Å². The number of nitriles is 1. The zero-order chi connectivity index (χ0) is 29.1. The van der Waals surface area contributed by atoms with Gasteiger partial charge in [-0.25, -0.2) is 0 Å². The second-order valence-corrected chi connectivity index (χ2v) is 11.8. The van der Waals surface area contributed by atoms with E-state index in [2.05, 4.69) is 29.3 Å². The number of azo groups is 1. The summed E-state index contributed by atoms with van der Waals surface area (Å²) in [4.78, 5) is 0. The predicted molar refractivity (Wildman–Crippen MR) is 170 cm³/mol. The van der Waals surface area contributed by atoms with E-state index in [1.807, 2.05) is 36.4 Å². The average Bonchev–Trinajstić information content (AvgIpc) is 2.97. The molecule has 2 unspecified atom stereocenters. The fourth-order valence-corrected chi connectivity index (χ4v) is 5.84. The first-order chi connectivity index (χ1) is 19.5. The molecule has 0 saturated heterocycles. The van der Waals surface area contributed by atoms with Crippen molar-refractivity contribution in [1.82, 2.24) is 0 Å². The van der Waals surface area contributed by atoms with Crippen LogP contribution in [0, 0.1) is 11.3 Å². The molecular formula is C34H49Cl2N3O. The van der Waals surface area contributed by atoms with Gasteiger partial charge in [0, 0.05) is 7.05 Å². The molecule has 0 heterocycles. The number of ether oxygens (including phenoxy) is 1. The van der Waals surface area contributed by atoms with Crippen LogP contribution in [0.4, 0.5) is 0 Å². The van der Waals surface area contributed by atoms with Crippen LogP contribution in [-0.2, 0) is 11.8 Å². The SMILES string of the molecule is CCCCCCCCCCCCC(C#N)(CCCC(CCc1ccc(Cl)c(Cl)c1)/N=N/C)c1cccc(OC)c1. The maximum Gasteiger partial charge on any atom is 0.119 e. The first-order valence-electron chi connectivity index (χ1n) is 15.3. The number of unbranched alkanes of at least 4 members (excludes halogenated alkanes) is 9. The minimum Gasteiger partial charge on any atom is -0.497 e. The van der Waals surface area contributed by atoms with Crippen molar-refractivity contribution in [2.45, 2.75) is 121 Å². The molecular weight excluding hydrogens is 537 g/mol. The van der Waals surface area contributed by atoms with E-state index in [4.69, 9.17) is 27.9 Å². The Morgan fingerprint density at radius 2 is 1.52 bits per heavy atom. The van der Waals surface area contributed by atoms with Crippen LogP contribution in [0.15, 0.2) is 52.7 Å². The predicted octanol–water partition coefficient (Wildman–Crippen LogP) is 11.3. The average molecular weight is 587 g/mol. The van der Waals surface area contributed by atoms with Crippen molar-refractivity contribution in [1.29, 1.82) is 5.26 Å². The molecule has 40 heavy (non-hydrogen) atoms. The van der Waals surface area contributed by atoms with Gasteiger partial charge in [-0.3, -0.25) is 0 Å². The second kappa shape index (κ2) is 19.9. The first kappa shape index (κ1) is 34.1. The van der Waals surface area contributed by atoms with Crippen LogP contribution in [0.5, 0.6) is 5.75 Å². The van der Waals surface area contributed by atoms with Gasteiger partial charge in [-0.2, -0.15) is 15.5 Å². The Kier molecular flexibility index (Phi) is 17.0. The molecule has 0 aliphatic rings. The van der Waals surface area contributed by atoms with Crippen molar-refractivity contribution in [2.24, 2.45) is 10.2 Å². The van der Waals surface area contributed by atoms with E-state index in [1.54, 1.807) is 14.2 Å². The third kappa shape index (κ3) is 12.2. The van der Waals surface area contributed by atoms with Crippen LogP contribution >= 0.6 is 23.2 Å². The van der Waals surface area contributed by atoms with Gasteiger partial charge < -0.3 is 4.74 Å². The summed E-state index contributed by atoms with van der Waals surface area (Å²) in [5, 5.41) is 20.3. The third-order valence-corrected chi connectivity index (χ3v) is 8.70. The lowest BCUT2D eigenvalue weighted by Crippen LogP contribution is -2.25. The molecule has 0 saturated carbocycles. The number of hydrogen-bond donors (Lipinski definition) is 0. The molecule has 0 fully saturated rings. The van der Waals surface area contributed by atoms with E-state index < -0.39 is 5.41 Å². The summed E-state index contributed by atoms with van der Waals surface area (Å²) in [6.45, 7) is 2.27. The quantitative estimate of drug-likeness (QED) is 0.108. The largest absolute Gasteiger partial charge is 0.497 e. The molecule has 0 aliphatic carbocycles. The minimum atomic E-state index is -0.522. The molecule has 0 radical (unpaired) electrons. The standard InChI is InChI=1S/C34H49Cl2N3O/c1-4-5-6-7-8-9-10-11-12-13-23-34(27-37,29-16-14-18-31(26-29)40-3)24-15-17-30(39-38-2)21-19-28-20-22-32(35)33(36)25-28/h14,16,18,20,22,25-26,30H,4-13,15,17,19,21,23-24H2,1-3H3/b39-38+. The normalized spacial score (nSPS) is 13.7. The number of hydrogen-bond acceptors (Lipinski definition) is 4. The molecule has 4 nitrogen and oxygen atoms in total. The molecule has 0 bridgehead atoms. The Morgan fingerprint density at radius 3 is 2.15 bits per heavy atom. The zero-order valence-electron chi connectivity index (χ0n) is 24.9. The van der Waals surface area contributed by atoms with Gasteiger partial charge >= 0.3 is 0 Å². The maximum atomic E-state index is 10.6. The Balaban J connectivity index is 1.96. The van der Waals surface area contributed by atoms with E-state index in [1.165, 1.54) is 57.8 Å². The summed E-state index contributed by atoms with van der Waals surface area (Å²) >= 11 is 12.3. The maximum absolute atomic E-state index is 10.6. The number of halogens is 2. The molecule has 0 N–H and O–H groups in total. The summed E-state index contributed by atoms with van der Waals surface area (Å²) in [7, 11) is 3.41. The molecule has 0 spiro atoms. The van der Waals surface area contributed by atoms with E-state index in [-0.39, 0.29) is 6.04 Å². The summed E-state index contributed by atoms with van der Waals surface area (Å²) in [5.74, 6) is 0.805. The van der Waals surface area contributed by atoms with Crippen molar-refractivity contribution >= 4 is 23.2 Å². The number of benzene rings is 2. The molecule has 6 heteroatoms. The van der Waals surface area contributed by atoms with Gasteiger partial charge in [-0.15, -0.1) is 0 Å². The highest BCUT2D eigenvalue weighted by Gasteiger charge is 2.32. The minimum absolute atomic E-state index is 0.110. The van der Waals surface area contributed by atoms with Gasteiger partial charge in [0.1, 0.15) is 5.75 Å². The third-order valence-electron chi connectivity index (χ3n) is 7.96. The van der Waals surface area contributed by atoms with Gasteiger partial charge in [-0.05, 0) is 73.9 Å². The van der Waals surface area contributed by atoms with Crippen LogP contribution in [0.1, 0.15) is 114 Å². The van der Waals surface area contributed by atoms with Crippen molar-refractivity contribution in [3.63, 3.8) is 0 Å². The molecule has 2 aromatic rings. The highest BCUT2D eigenvalue weighted by atomic mass is 35.5. The molecule has 0 aromatic heterocycles. The topological polar surface area (TPSA) is 57.7 Å². The van der Waals surface area contributed by atoms with Gasteiger partial charge in [-0.1, -0.05) is 113 Å². The summed E-state index contributed by atoms with van der Waals surface area (Å²) in [5.41, 5.74) is 1.69. The van der Waals surface area contributed by atoms with E-state index in [0.717, 1.165) is 61.8 Å². The van der Waals surface area contributed by atoms with Crippen LogP contribution < -0.4 is 4.74 Å². The van der Waals surface area contributed by atoms with Crippen LogP contribution in [0.3, 0.4) is 0 Å². The summed E-state index contributed by atoms with van der Waals surface area (Å²) in [6, 6.07) is 16.8. The second-order valence-electron chi connectivity index (χ2n) is 11.0. The molecule has 0 amide bonds. The van der Waals surface area contributed by atoms with E-state index in [9.17, 15) is 5.26 Å². The van der Waals surface area contributed by atoms with Gasteiger partial charge in [0.15, 0.2) is 0 Å². The van der Waals surface area contributed by atoms with Gasteiger partial charge in [0.05, 0.1) is 34.7 Å². The lowest BCUT2D eigenvalue weighted by atomic mass is 9.73. The zero-order valence-corrected chi connectivity index (χ0v) is 26.5. The monoisotopic (exact) mass is 585 g/mol. The Labute approximate surface area is 253 Å². The van der Waals surface area contributed by atoms with E-state index >= 15 is 0 Å². The first-order valence-corrected chi connectivity index (χ1v) is 16.0.